The third-order valence-electron chi connectivity index (χ3n) is 14.7. The van der Waals surface area contributed by atoms with E-state index in [-0.39, 0.29) is 17.7 Å². The summed E-state index contributed by atoms with van der Waals surface area (Å²) >= 11 is 0. The molecule has 2 aromatic heterocycles. The molecule has 14 nitrogen and oxygen atoms in total. The summed E-state index contributed by atoms with van der Waals surface area (Å²) in [5.74, 6) is 2.47. The van der Waals surface area contributed by atoms with E-state index in [9.17, 15) is 14.4 Å². The zero-order valence-corrected chi connectivity index (χ0v) is 49.0. The maximum Gasteiger partial charge on any atom is 0.408 e. The van der Waals surface area contributed by atoms with Gasteiger partial charge in [0.05, 0.1) is 28.8 Å². The summed E-state index contributed by atoms with van der Waals surface area (Å²) in [6.45, 7) is 33.8. The lowest BCUT2D eigenvalue weighted by molar-refractivity contribution is -0.120. The number of aryl methyl sites for hydroxylation is 2. The predicted octanol–water partition coefficient (Wildman–Crippen LogP) is 12.6. The molecule has 16 heteroatoms. The van der Waals surface area contributed by atoms with Crippen LogP contribution in [0.25, 0.3) is 34.4 Å². The van der Waals surface area contributed by atoms with Gasteiger partial charge in [-0.25, -0.2) is 14.2 Å². The first-order valence-corrected chi connectivity index (χ1v) is 35.0. The molecule has 8 rings (SSSR count). The Balaban J connectivity index is 0.000000222. The van der Waals surface area contributed by atoms with Crippen molar-refractivity contribution < 1.29 is 28.6 Å². The number of carbonyl (C=O) groups excluding carboxylic acids is 3. The highest BCUT2D eigenvalue weighted by Gasteiger charge is 2.49. The van der Waals surface area contributed by atoms with E-state index in [1.807, 2.05) is 105 Å². The fraction of sp³-hybridized carbons (Fsp3) is 0.576. The number of carbonyl (C=O) groups is 3. The second kappa shape index (κ2) is 24.5. The van der Waals surface area contributed by atoms with Crippen LogP contribution in [0.15, 0.2) is 61.7 Å². The zero-order chi connectivity index (χ0) is 54.4. The number of ether oxygens (including phenoxy) is 3. The molecular weight excluding hydrogens is 973 g/mol. The molecular formula is C59H88N8O6Si2. The lowest BCUT2D eigenvalue weighted by atomic mass is 9.88. The number of nitrogens with zero attached hydrogens (tertiary/aromatic N) is 4. The van der Waals surface area contributed by atoms with E-state index in [1.165, 1.54) is 25.7 Å². The van der Waals surface area contributed by atoms with Crippen molar-refractivity contribution in [2.75, 3.05) is 23.8 Å². The van der Waals surface area contributed by atoms with Gasteiger partial charge in [-0.2, -0.15) is 10.2 Å². The van der Waals surface area contributed by atoms with Crippen molar-refractivity contribution >= 4 is 57.6 Å². The number of nitrogens with one attached hydrogen (secondary N) is 3. The Hall–Kier alpha value is -5.14. The van der Waals surface area contributed by atoms with Crippen molar-refractivity contribution in [2.24, 2.45) is 41.2 Å². The fourth-order valence-corrected chi connectivity index (χ4v) is 11.8. The van der Waals surface area contributed by atoms with Gasteiger partial charge in [0, 0.05) is 51.9 Å². The van der Waals surface area contributed by atoms with E-state index in [0.29, 0.717) is 48.7 Å². The lowest BCUT2D eigenvalue weighted by Crippen LogP contribution is -2.51. The fourth-order valence-electron chi connectivity index (χ4n) is 10.2. The largest absolute Gasteiger partial charge is 0.444 e. The molecule has 2 atom stereocenters. The number of benzene rings is 2. The molecule has 4 aliphatic carbocycles. The highest BCUT2D eigenvalue weighted by Crippen LogP contribution is 2.52. The highest BCUT2D eigenvalue weighted by molar-refractivity contribution is 6.76. The third-order valence-corrected chi connectivity index (χ3v) is 18.2. The smallest absolute Gasteiger partial charge is 0.408 e. The molecule has 4 fully saturated rings. The normalized spacial score (nSPS) is 16.7. The standard InChI is InChI=1S/C32H48N4O4Si.C27H40N4O2Si/c1-9-26-27(21(2)35-36(26)20-39-18-19-41(6,7)8)22-14-16-25(17-15-22)33-30(37)29(34-31(38)40-32(3,4)5)28(23-10-11-23)24-12-13-24;1-6-23-24(18(2)30-31(23)17-33-15-16-34(3,4)5)19-11-13-22(14-12-19)29-27(32)26(28)25(20-7-8-20)21-9-10-21/h9,14-17,23-24,28-29H,1,10-13,18-20H2,2-8H3,(H,33,37)(H,34,38);6,11-14,20-21,25-26H,1,7-10,15-17,28H2,2-5H3,(H,29,32)/t29-;26-/m00/s1. The Bertz CT molecular complexity index is 2580. The van der Waals surface area contributed by atoms with Crippen molar-refractivity contribution in [1.29, 1.82) is 0 Å². The van der Waals surface area contributed by atoms with Crippen molar-refractivity contribution in [2.45, 2.75) is 169 Å². The first kappa shape index (κ1) is 57.6. The van der Waals surface area contributed by atoms with Gasteiger partial charge in [0.2, 0.25) is 11.8 Å². The van der Waals surface area contributed by atoms with Crippen molar-refractivity contribution in [3.05, 3.63) is 84.5 Å². The summed E-state index contributed by atoms with van der Waals surface area (Å²) in [6.07, 6.45) is 12.4. The first-order valence-electron chi connectivity index (χ1n) is 27.6. The van der Waals surface area contributed by atoms with Crippen LogP contribution in [0.4, 0.5) is 16.2 Å². The predicted molar refractivity (Wildman–Crippen MR) is 309 cm³/mol. The zero-order valence-electron chi connectivity index (χ0n) is 47.0. The second-order valence-corrected chi connectivity index (χ2v) is 36.3. The van der Waals surface area contributed by atoms with E-state index < -0.39 is 39.9 Å². The molecule has 5 N–H and O–H groups in total. The number of hydrogen-bond donors (Lipinski definition) is 4. The SMILES string of the molecule is C=Cc1c(-c2ccc(NC(=O)[C@@H](N)C(C3CC3)C3CC3)cc2)c(C)nn1COCC[Si](C)(C)C.C=Cc1c(-c2ccc(NC(=O)[C@@H](NC(=O)OC(C)(C)C)C(C3CC3)C3CC3)cc2)c(C)nn1COCC[Si](C)(C)C. The summed E-state index contributed by atoms with van der Waals surface area (Å²) in [4.78, 5) is 39.1. The summed E-state index contributed by atoms with van der Waals surface area (Å²) < 4.78 is 21.1. The Morgan fingerprint density at radius 2 is 1.03 bits per heavy atom. The average molecular weight is 1060 g/mol. The monoisotopic (exact) mass is 1060 g/mol. The topological polar surface area (TPSA) is 177 Å². The average Bonchev–Trinajstić information content (AvgIpc) is 4.09. The third kappa shape index (κ3) is 16.7. The lowest BCUT2D eigenvalue weighted by Gasteiger charge is -2.29. The molecule has 0 bridgehead atoms. The number of nitrogens with two attached hydrogens (primary N) is 1. The summed E-state index contributed by atoms with van der Waals surface area (Å²) in [5, 5.41) is 18.4. The van der Waals surface area contributed by atoms with Crippen LogP contribution in [0, 0.1) is 49.4 Å². The van der Waals surface area contributed by atoms with Gasteiger partial charge in [0.15, 0.2) is 0 Å². The van der Waals surface area contributed by atoms with Crippen LogP contribution in [0.1, 0.15) is 94.9 Å². The maximum absolute atomic E-state index is 13.6. The van der Waals surface area contributed by atoms with Gasteiger partial charge in [-0.1, -0.05) is 76.7 Å². The summed E-state index contributed by atoms with van der Waals surface area (Å²) in [6, 6.07) is 16.9. The maximum atomic E-state index is 13.6. The number of amides is 3. The first-order chi connectivity index (χ1) is 35.4. The van der Waals surface area contributed by atoms with E-state index >= 15 is 0 Å². The van der Waals surface area contributed by atoms with E-state index in [1.54, 1.807) is 0 Å². The van der Waals surface area contributed by atoms with Gasteiger partial charge in [-0.15, -0.1) is 0 Å². The van der Waals surface area contributed by atoms with Crippen LogP contribution in [-0.2, 0) is 37.3 Å². The Labute approximate surface area is 449 Å². The van der Waals surface area contributed by atoms with Crippen LogP contribution < -0.4 is 21.7 Å². The van der Waals surface area contributed by atoms with Crippen molar-refractivity contribution in [3.8, 4) is 22.3 Å². The van der Waals surface area contributed by atoms with Crippen LogP contribution in [0.3, 0.4) is 0 Å². The molecule has 0 unspecified atom stereocenters. The molecule has 4 aromatic rings. The van der Waals surface area contributed by atoms with Crippen molar-refractivity contribution in [1.82, 2.24) is 24.9 Å². The van der Waals surface area contributed by atoms with Crippen LogP contribution >= 0.6 is 0 Å². The highest BCUT2D eigenvalue weighted by atomic mass is 28.3. The van der Waals surface area contributed by atoms with E-state index in [2.05, 4.69) is 68.4 Å². The molecule has 2 aromatic carbocycles. The molecule has 0 saturated heterocycles. The van der Waals surface area contributed by atoms with Crippen LogP contribution in [0.5, 0.6) is 0 Å². The van der Waals surface area contributed by atoms with Gasteiger partial charge in [0.25, 0.3) is 0 Å². The molecule has 3 amide bonds. The second-order valence-electron chi connectivity index (χ2n) is 25.1. The molecule has 75 heavy (non-hydrogen) atoms. The minimum Gasteiger partial charge on any atom is -0.444 e. The molecule has 4 saturated carbocycles. The van der Waals surface area contributed by atoms with Crippen molar-refractivity contribution in [3.63, 3.8) is 0 Å². The molecule has 0 aliphatic heterocycles. The molecule has 4 aliphatic rings. The Kier molecular flexibility index (Phi) is 18.8. The summed E-state index contributed by atoms with van der Waals surface area (Å²) in [5.41, 5.74) is 15.0. The van der Waals surface area contributed by atoms with Gasteiger partial charge >= 0.3 is 6.09 Å². The molecule has 2 heterocycles. The Morgan fingerprint density at radius 3 is 1.37 bits per heavy atom. The quantitative estimate of drug-likeness (QED) is 0.0372. The molecule has 0 radical (unpaired) electrons. The van der Waals surface area contributed by atoms with Gasteiger partial charge in [-0.05, 0) is 181 Å². The minimum absolute atomic E-state index is 0.0669. The number of hydrogen-bond acceptors (Lipinski definition) is 9. The van der Waals surface area contributed by atoms with Gasteiger partial charge in [-0.3, -0.25) is 9.59 Å². The van der Waals surface area contributed by atoms with E-state index in [4.69, 9.17) is 30.1 Å². The van der Waals surface area contributed by atoms with Crippen LogP contribution in [-0.4, -0.2) is 84.5 Å². The number of alkyl carbamates (subject to hydrolysis) is 1. The number of anilines is 2. The van der Waals surface area contributed by atoms with Crippen LogP contribution in [0.2, 0.25) is 51.4 Å². The van der Waals surface area contributed by atoms with Gasteiger partial charge < -0.3 is 35.9 Å². The van der Waals surface area contributed by atoms with E-state index in [0.717, 1.165) is 102 Å². The molecule has 408 valence electrons. The molecule has 0 spiro atoms. The minimum atomic E-state index is -1.16. The van der Waals surface area contributed by atoms with Gasteiger partial charge in [0.1, 0.15) is 25.1 Å². The summed E-state index contributed by atoms with van der Waals surface area (Å²) in [7, 11) is -2.29. The Morgan fingerprint density at radius 1 is 0.653 bits per heavy atom. The number of aromatic nitrogens is 4. The number of rotatable bonds is 25.